The van der Waals surface area contributed by atoms with Gasteiger partial charge in [0, 0.05) is 17.1 Å². The molecule has 1 N–H and O–H groups in total. The molecule has 1 heterocycles. The summed E-state index contributed by atoms with van der Waals surface area (Å²) in [5, 5.41) is 3.17. The van der Waals surface area contributed by atoms with Gasteiger partial charge in [0.1, 0.15) is 5.52 Å². The van der Waals surface area contributed by atoms with E-state index in [-0.39, 0.29) is 17.0 Å². The molecule has 0 unspecified atom stereocenters. The first-order valence-electron chi connectivity index (χ1n) is 5.84. The lowest BCUT2D eigenvalue weighted by atomic mass is 10.1. The Bertz CT molecular complexity index is 648. The second kappa shape index (κ2) is 4.57. The van der Waals surface area contributed by atoms with Gasteiger partial charge in [-0.2, -0.15) is 0 Å². The smallest absolute Gasteiger partial charge is 0.253 e. The van der Waals surface area contributed by atoms with Crippen molar-refractivity contribution in [3.63, 3.8) is 0 Å². The third kappa shape index (κ3) is 2.86. The maximum Gasteiger partial charge on any atom is 0.253 e. The molecule has 100 valence electrons. The van der Waals surface area contributed by atoms with Crippen molar-refractivity contribution in [1.29, 1.82) is 0 Å². The Labute approximate surface area is 109 Å². The van der Waals surface area contributed by atoms with Crippen molar-refractivity contribution in [3.05, 3.63) is 41.6 Å². The molecule has 1 aromatic carbocycles. The summed E-state index contributed by atoms with van der Waals surface area (Å²) in [5.41, 5.74) is -0.138. The van der Waals surface area contributed by atoms with E-state index in [1.165, 1.54) is 18.3 Å². The summed E-state index contributed by atoms with van der Waals surface area (Å²) in [7, 11) is 0. The van der Waals surface area contributed by atoms with Crippen LogP contribution in [0.5, 0.6) is 0 Å². The molecule has 0 aliphatic rings. The maximum absolute atomic E-state index is 13.5. The van der Waals surface area contributed by atoms with Gasteiger partial charge < -0.3 is 5.32 Å². The van der Waals surface area contributed by atoms with Crippen LogP contribution in [-0.4, -0.2) is 16.4 Å². The third-order valence-electron chi connectivity index (χ3n) is 2.49. The van der Waals surface area contributed by atoms with Crippen LogP contribution in [0.25, 0.3) is 10.9 Å². The van der Waals surface area contributed by atoms with Crippen LogP contribution in [0.3, 0.4) is 0 Å². The highest BCUT2D eigenvalue weighted by Gasteiger charge is 2.17. The monoisotopic (exact) mass is 264 g/mol. The minimum Gasteiger partial charge on any atom is -0.347 e. The van der Waals surface area contributed by atoms with Crippen molar-refractivity contribution in [3.8, 4) is 0 Å². The Balaban J connectivity index is 2.43. The van der Waals surface area contributed by atoms with E-state index in [1.54, 1.807) is 0 Å². The number of nitrogens with one attached hydrogen (secondary N) is 1. The van der Waals surface area contributed by atoms with Gasteiger partial charge in [0.25, 0.3) is 5.91 Å². The zero-order valence-corrected chi connectivity index (χ0v) is 10.9. The topological polar surface area (TPSA) is 42.0 Å². The van der Waals surface area contributed by atoms with Gasteiger partial charge in [0.05, 0.1) is 5.56 Å². The molecule has 0 aliphatic carbocycles. The highest BCUT2D eigenvalue weighted by Crippen LogP contribution is 2.19. The normalized spacial score (nSPS) is 11.6. The molecule has 0 aliphatic heterocycles. The van der Waals surface area contributed by atoms with Crippen LogP contribution in [0.15, 0.2) is 24.4 Å². The molecule has 0 radical (unpaired) electrons. The lowest BCUT2D eigenvalue weighted by Crippen LogP contribution is -2.40. The van der Waals surface area contributed by atoms with Gasteiger partial charge >= 0.3 is 0 Å². The van der Waals surface area contributed by atoms with Crippen molar-refractivity contribution < 1.29 is 13.6 Å². The van der Waals surface area contributed by atoms with Crippen LogP contribution >= 0.6 is 0 Å². The summed E-state index contributed by atoms with van der Waals surface area (Å²) < 4.78 is 26.5. The van der Waals surface area contributed by atoms with E-state index < -0.39 is 11.6 Å². The lowest BCUT2D eigenvalue weighted by Gasteiger charge is -2.20. The van der Waals surface area contributed by atoms with Crippen LogP contribution in [-0.2, 0) is 0 Å². The zero-order valence-electron chi connectivity index (χ0n) is 10.9. The predicted molar refractivity (Wildman–Crippen MR) is 68.9 cm³/mol. The van der Waals surface area contributed by atoms with Crippen molar-refractivity contribution >= 4 is 16.8 Å². The van der Waals surface area contributed by atoms with Crippen molar-refractivity contribution in [2.45, 2.75) is 26.3 Å². The second-order valence-electron chi connectivity index (χ2n) is 5.36. The fraction of sp³-hybridized carbons (Fsp3) is 0.286. The van der Waals surface area contributed by atoms with E-state index >= 15 is 0 Å². The Kier molecular flexibility index (Phi) is 3.22. The van der Waals surface area contributed by atoms with E-state index in [0.717, 1.165) is 6.07 Å². The fourth-order valence-corrected chi connectivity index (χ4v) is 1.68. The van der Waals surface area contributed by atoms with Crippen LogP contribution in [0.1, 0.15) is 31.1 Å². The number of nitrogens with zero attached hydrogens (tertiary/aromatic N) is 1. The number of fused-ring (bicyclic) bond motifs is 1. The summed E-state index contributed by atoms with van der Waals surface area (Å²) in [4.78, 5) is 15.8. The minimum absolute atomic E-state index is 0.0766. The van der Waals surface area contributed by atoms with Crippen molar-refractivity contribution in [2.75, 3.05) is 0 Å². The molecule has 5 heteroatoms. The molecule has 1 aromatic heterocycles. The number of carbonyl (C=O) groups is 1. The average molecular weight is 264 g/mol. The number of pyridine rings is 1. The molecule has 0 atom stereocenters. The van der Waals surface area contributed by atoms with Gasteiger partial charge in [-0.3, -0.25) is 9.78 Å². The molecule has 0 spiro atoms. The first kappa shape index (κ1) is 13.4. The molecule has 0 saturated heterocycles. The molecular weight excluding hydrogens is 250 g/mol. The molecular formula is C14H14F2N2O. The minimum atomic E-state index is -1.000. The predicted octanol–water partition coefficient (Wildman–Crippen LogP) is 3.04. The molecule has 1 amide bonds. The molecule has 19 heavy (non-hydrogen) atoms. The summed E-state index contributed by atoms with van der Waals surface area (Å²) in [5.74, 6) is -2.25. The summed E-state index contributed by atoms with van der Waals surface area (Å²) in [6, 6.07) is 3.91. The molecule has 0 bridgehead atoms. The first-order valence-corrected chi connectivity index (χ1v) is 5.84. The van der Waals surface area contributed by atoms with Crippen LogP contribution < -0.4 is 5.32 Å². The Hall–Kier alpha value is -2.04. The molecule has 0 saturated carbocycles. The lowest BCUT2D eigenvalue weighted by molar-refractivity contribution is 0.0919. The van der Waals surface area contributed by atoms with Gasteiger partial charge in [-0.15, -0.1) is 0 Å². The average Bonchev–Trinajstić information content (AvgIpc) is 2.31. The Morgan fingerprint density at radius 1 is 1.26 bits per heavy atom. The number of aromatic nitrogens is 1. The third-order valence-corrected chi connectivity index (χ3v) is 2.49. The number of amides is 1. The molecule has 3 nitrogen and oxygen atoms in total. The van der Waals surface area contributed by atoms with Crippen LogP contribution in [0.4, 0.5) is 8.78 Å². The van der Waals surface area contributed by atoms with Crippen molar-refractivity contribution in [1.82, 2.24) is 10.3 Å². The number of halogens is 2. The Morgan fingerprint density at radius 3 is 2.58 bits per heavy atom. The Morgan fingerprint density at radius 2 is 1.95 bits per heavy atom. The number of rotatable bonds is 1. The number of hydrogen-bond acceptors (Lipinski definition) is 2. The zero-order chi connectivity index (χ0) is 14.2. The van der Waals surface area contributed by atoms with Gasteiger partial charge in [0.2, 0.25) is 0 Å². The van der Waals surface area contributed by atoms with Gasteiger partial charge in [-0.05, 0) is 39.0 Å². The largest absolute Gasteiger partial charge is 0.347 e. The van der Waals surface area contributed by atoms with E-state index in [9.17, 15) is 13.6 Å². The van der Waals surface area contributed by atoms with Crippen LogP contribution in [0, 0.1) is 11.6 Å². The van der Waals surface area contributed by atoms with Crippen molar-refractivity contribution in [2.24, 2.45) is 0 Å². The van der Waals surface area contributed by atoms with Crippen LogP contribution in [0.2, 0.25) is 0 Å². The highest BCUT2D eigenvalue weighted by atomic mass is 19.2. The summed E-state index contributed by atoms with van der Waals surface area (Å²) in [6.07, 6.45) is 1.24. The van der Waals surface area contributed by atoms with E-state index in [0.29, 0.717) is 10.9 Å². The maximum atomic E-state index is 13.5. The highest BCUT2D eigenvalue weighted by molar-refractivity contribution is 5.97. The molecule has 2 rings (SSSR count). The number of hydrogen-bond donors (Lipinski definition) is 1. The SMILES string of the molecule is CC(C)(C)NC(=O)c1cnc2c(F)c(F)ccc2c1. The van der Waals surface area contributed by atoms with E-state index in [2.05, 4.69) is 10.3 Å². The van der Waals surface area contributed by atoms with Gasteiger partial charge in [0.15, 0.2) is 11.6 Å². The quantitative estimate of drug-likeness (QED) is 0.860. The summed E-state index contributed by atoms with van der Waals surface area (Å²) >= 11 is 0. The van der Waals surface area contributed by atoms with E-state index in [4.69, 9.17) is 0 Å². The standard InChI is InChI=1S/C14H14F2N2O/c1-14(2,3)18-13(19)9-6-8-4-5-10(15)11(16)12(8)17-7-9/h4-7H,1-3H3,(H,18,19). The van der Waals surface area contributed by atoms with Gasteiger partial charge in [-0.25, -0.2) is 8.78 Å². The molecule has 2 aromatic rings. The summed E-state index contributed by atoms with van der Waals surface area (Å²) in [6.45, 7) is 5.57. The number of benzene rings is 1. The fourth-order valence-electron chi connectivity index (χ4n) is 1.68. The first-order chi connectivity index (χ1) is 8.78. The molecule has 0 fully saturated rings. The van der Waals surface area contributed by atoms with Gasteiger partial charge in [-0.1, -0.05) is 0 Å². The number of carbonyl (C=O) groups excluding carboxylic acids is 1. The van der Waals surface area contributed by atoms with E-state index in [1.807, 2.05) is 20.8 Å². The second-order valence-corrected chi connectivity index (χ2v) is 5.36.